The Morgan fingerprint density at radius 3 is 2.53 bits per heavy atom. The standard InChI is InChI=1S/C14H23N3/c1-5-9-17(10(2)3)13-11(4)7-6-8-12(13)14(15)16/h6-8,10H,5,9H2,1-4H3,(H3,15,16). The Morgan fingerprint density at radius 2 is 2.06 bits per heavy atom. The van der Waals surface area contributed by atoms with Crippen molar-refractivity contribution in [3.63, 3.8) is 0 Å². The van der Waals surface area contributed by atoms with E-state index in [2.05, 4.69) is 38.7 Å². The van der Waals surface area contributed by atoms with E-state index in [-0.39, 0.29) is 5.84 Å². The van der Waals surface area contributed by atoms with Gasteiger partial charge in [-0.3, -0.25) is 5.41 Å². The molecular weight excluding hydrogens is 210 g/mol. The summed E-state index contributed by atoms with van der Waals surface area (Å²) in [4.78, 5) is 2.33. The van der Waals surface area contributed by atoms with Crippen molar-refractivity contribution in [3.8, 4) is 0 Å². The molecule has 3 N–H and O–H groups in total. The number of hydrogen-bond acceptors (Lipinski definition) is 2. The molecule has 0 aliphatic heterocycles. The second kappa shape index (κ2) is 5.71. The lowest BCUT2D eigenvalue weighted by atomic mass is 10.0. The molecule has 1 aromatic carbocycles. The number of para-hydroxylation sites is 1. The van der Waals surface area contributed by atoms with Gasteiger partial charge < -0.3 is 10.6 Å². The topological polar surface area (TPSA) is 53.1 Å². The van der Waals surface area contributed by atoms with Crippen molar-refractivity contribution in [2.24, 2.45) is 5.73 Å². The van der Waals surface area contributed by atoms with E-state index in [4.69, 9.17) is 11.1 Å². The Labute approximate surface area is 104 Å². The summed E-state index contributed by atoms with van der Waals surface area (Å²) in [5.74, 6) is 0.144. The molecule has 0 radical (unpaired) electrons. The van der Waals surface area contributed by atoms with Gasteiger partial charge >= 0.3 is 0 Å². The summed E-state index contributed by atoms with van der Waals surface area (Å²) >= 11 is 0. The fraction of sp³-hybridized carbons (Fsp3) is 0.500. The molecule has 0 aliphatic rings. The number of hydrogen-bond donors (Lipinski definition) is 2. The summed E-state index contributed by atoms with van der Waals surface area (Å²) in [5.41, 5.74) is 8.80. The second-order valence-electron chi connectivity index (χ2n) is 4.67. The van der Waals surface area contributed by atoms with E-state index in [0.29, 0.717) is 6.04 Å². The van der Waals surface area contributed by atoms with Crippen molar-refractivity contribution in [3.05, 3.63) is 29.3 Å². The maximum absolute atomic E-state index is 7.69. The lowest BCUT2D eigenvalue weighted by Crippen LogP contribution is -2.34. The van der Waals surface area contributed by atoms with Gasteiger partial charge in [-0.25, -0.2) is 0 Å². The highest BCUT2D eigenvalue weighted by Crippen LogP contribution is 2.26. The molecule has 0 saturated heterocycles. The van der Waals surface area contributed by atoms with Gasteiger partial charge in [-0.15, -0.1) is 0 Å². The van der Waals surface area contributed by atoms with Crippen molar-refractivity contribution < 1.29 is 0 Å². The van der Waals surface area contributed by atoms with Crippen molar-refractivity contribution >= 4 is 11.5 Å². The molecule has 0 aliphatic carbocycles. The van der Waals surface area contributed by atoms with Crippen LogP contribution in [-0.4, -0.2) is 18.4 Å². The SMILES string of the molecule is CCCN(c1c(C)cccc1C(=N)N)C(C)C. The van der Waals surface area contributed by atoms with Crippen LogP contribution in [0.4, 0.5) is 5.69 Å². The molecule has 0 unspecified atom stereocenters. The molecule has 94 valence electrons. The number of nitrogens with one attached hydrogen (secondary N) is 1. The number of nitrogen functional groups attached to an aromatic ring is 1. The highest BCUT2D eigenvalue weighted by atomic mass is 15.2. The number of benzene rings is 1. The molecule has 1 aromatic rings. The van der Waals surface area contributed by atoms with Crippen molar-refractivity contribution in [2.45, 2.75) is 40.2 Å². The number of rotatable bonds is 5. The average molecular weight is 233 g/mol. The minimum absolute atomic E-state index is 0.144. The van der Waals surface area contributed by atoms with Gasteiger partial charge in [0, 0.05) is 18.2 Å². The smallest absolute Gasteiger partial charge is 0.124 e. The van der Waals surface area contributed by atoms with E-state index in [1.165, 1.54) is 5.56 Å². The predicted molar refractivity (Wildman–Crippen MR) is 75.0 cm³/mol. The van der Waals surface area contributed by atoms with Gasteiger partial charge in [0.05, 0.1) is 5.69 Å². The number of anilines is 1. The zero-order valence-electron chi connectivity index (χ0n) is 11.2. The molecule has 17 heavy (non-hydrogen) atoms. The van der Waals surface area contributed by atoms with Gasteiger partial charge in [0.25, 0.3) is 0 Å². The Morgan fingerprint density at radius 1 is 1.41 bits per heavy atom. The minimum Gasteiger partial charge on any atom is -0.384 e. The number of nitrogens with zero attached hydrogens (tertiary/aromatic N) is 1. The van der Waals surface area contributed by atoms with Gasteiger partial charge in [0.1, 0.15) is 5.84 Å². The molecule has 0 spiro atoms. The minimum atomic E-state index is 0.144. The fourth-order valence-electron chi connectivity index (χ4n) is 2.13. The molecular formula is C14H23N3. The molecule has 3 heteroatoms. The normalized spacial score (nSPS) is 10.6. The Balaban J connectivity index is 3.29. The summed E-state index contributed by atoms with van der Waals surface area (Å²) < 4.78 is 0. The van der Waals surface area contributed by atoms with E-state index < -0.39 is 0 Å². The lowest BCUT2D eigenvalue weighted by molar-refractivity contribution is 0.669. The van der Waals surface area contributed by atoms with E-state index in [1.807, 2.05) is 12.1 Å². The molecule has 0 saturated carbocycles. The third-order valence-corrected chi connectivity index (χ3v) is 2.90. The Kier molecular flexibility index (Phi) is 4.55. The van der Waals surface area contributed by atoms with Gasteiger partial charge in [0.15, 0.2) is 0 Å². The van der Waals surface area contributed by atoms with Crippen LogP contribution in [0.1, 0.15) is 38.3 Å². The van der Waals surface area contributed by atoms with E-state index >= 15 is 0 Å². The van der Waals surface area contributed by atoms with Gasteiger partial charge in [0.2, 0.25) is 0 Å². The zero-order valence-corrected chi connectivity index (χ0v) is 11.2. The summed E-state index contributed by atoms with van der Waals surface area (Å²) in [5, 5.41) is 7.69. The van der Waals surface area contributed by atoms with Crippen LogP contribution in [-0.2, 0) is 0 Å². The van der Waals surface area contributed by atoms with Crippen LogP contribution >= 0.6 is 0 Å². The van der Waals surface area contributed by atoms with E-state index in [1.54, 1.807) is 0 Å². The first kappa shape index (κ1) is 13.6. The largest absolute Gasteiger partial charge is 0.384 e. The van der Waals surface area contributed by atoms with E-state index in [9.17, 15) is 0 Å². The van der Waals surface area contributed by atoms with Crippen LogP contribution in [0.15, 0.2) is 18.2 Å². The molecule has 0 bridgehead atoms. The first-order valence-corrected chi connectivity index (χ1v) is 6.19. The molecule has 0 aromatic heterocycles. The molecule has 3 nitrogen and oxygen atoms in total. The van der Waals surface area contributed by atoms with Crippen molar-refractivity contribution in [1.82, 2.24) is 0 Å². The summed E-state index contributed by atoms with van der Waals surface area (Å²) in [6, 6.07) is 6.37. The lowest BCUT2D eigenvalue weighted by Gasteiger charge is -2.32. The molecule has 0 heterocycles. The number of amidine groups is 1. The molecule has 0 atom stereocenters. The van der Waals surface area contributed by atoms with Gasteiger partial charge in [-0.2, -0.15) is 0 Å². The first-order valence-electron chi connectivity index (χ1n) is 6.19. The quantitative estimate of drug-likeness (QED) is 0.607. The molecule has 1 rings (SSSR count). The predicted octanol–water partition coefficient (Wildman–Crippen LogP) is 2.90. The number of nitrogens with two attached hydrogens (primary N) is 1. The summed E-state index contributed by atoms with van der Waals surface area (Å²) in [6.45, 7) is 9.58. The molecule has 0 amide bonds. The van der Waals surface area contributed by atoms with Crippen LogP contribution in [0.2, 0.25) is 0 Å². The highest BCUT2D eigenvalue weighted by Gasteiger charge is 2.17. The van der Waals surface area contributed by atoms with Crippen LogP contribution < -0.4 is 10.6 Å². The van der Waals surface area contributed by atoms with Crippen molar-refractivity contribution in [2.75, 3.05) is 11.4 Å². The zero-order chi connectivity index (χ0) is 13.0. The van der Waals surface area contributed by atoms with Gasteiger partial charge in [-0.05, 0) is 38.8 Å². The highest BCUT2D eigenvalue weighted by molar-refractivity contribution is 6.01. The van der Waals surface area contributed by atoms with Crippen LogP contribution in [0.25, 0.3) is 0 Å². The summed E-state index contributed by atoms with van der Waals surface area (Å²) in [7, 11) is 0. The maximum atomic E-state index is 7.69. The fourth-order valence-corrected chi connectivity index (χ4v) is 2.13. The Hall–Kier alpha value is -1.51. The van der Waals surface area contributed by atoms with Crippen LogP contribution in [0.3, 0.4) is 0 Å². The first-order chi connectivity index (χ1) is 7.99. The second-order valence-corrected chi connectivity index (χ2v) is 4.67. The maximum Gasteiger partial charge on any atom is 0.124 e. The third kappa shape index (κ3) is 2.99. The third-order valence-electron chi connectivity index (χ3n) is 2.90. The molecule has 0 fully saturated rings. The van der Waals surface area contributed by atoms with Gasteiger partial charge in [-0.1, -0.05) is 19.1 Å². The summed E-state index contributed by atoms with van der Waals surface area (Å²) in [6.07, 6.45) is 1.09. The monoisotopic (exact) mass is 233 g/mol. The Bertz CT molecular complexity index is 396. The van der Waals surface area contributed by atoms with Crippen molar-refractivity contribution in [1.29, 1.82) is 5.41 Å². The van der Waals surface area contributed by atoms with Crippen LogP contribution in [0, 0.1) is 12.3 Å². The van der Waals surface area contributed by atoms with Crippen LogP contribution in [0.5, 0.6) is 0 Å². The number of aryl methyl sites for hydroxylation is 1. The average Bonchev–Trinajstić information content (AvgIpc) is 2.25. The van der Waals surface area contributed by atoms with E-state index in [0.717, 1.165) is 24.2 Å².